The van der Waals surface area contributed by atoms with E-state index in [2.05, 4.69) is 0 Å². The summed E-state index contributed by atoms with van der Waals surface area (Å²) in [6, 6.07) is 12.6. The maximum absolute atomic E-state index is 12.9. The van der Waals surface area contributed by atoms with Crippen molar-refractivity contribution >= 4 is 17.6 Å². The molecule has 0 radical (unpaired) electrons. The highest BCUT2D eigenvalue weighted by atomic mass is 16.5. The van der Waals surface area contributed by atoms with Crippen molar-refractivity contribution in [2.75, 3.05) is 18.6 Å². The Bertz CT molecular complexity index is 785. The number of fused-ring (bicyclic) bond motifs is 1. The van der Waals surface area contributed by atoms with Gasteiger partial charge in [0.1, 0.15) is 5.75 Å². The third-order valence-electron chi connectivity index (χ3n) is 4.19. The van der Waals surface area contributed by atoms with Crippen molar-refractivity contribution in [3.05, 3.63) is 59.2 Å². The monoisotopic (exact) mass is 325 g/mol. The van der Waals surface area contributed by atoms with E-state index in [0.717, 1.165) is 24.1 Å². The second-order valence-corrected chi connectivity index (χ2v) is 5.83. The van der Waals surface area contributed by atoms with Crippen LogP contribution in [0.4, 0.5) is 5.69 Å². The van der Waals surface area contributed by atoms with Gasteiger partial charge in [-0.15, -0.1) is 0 Å². The van der Waals surface area contributed by atoms with Crippen LogP contribution in [0.3, 0.4) is 0 Å². The first-order valence-corrected chi connectivity index (χ1v) is 7.88. The Hall–Kier alpha value is -2.82. The molecule has 0 aromatic heterocycles. The quantitative estimate of drug-likeness (QED) is 0.938. The van der Waals surface area contributed by atoms with Gasteiger partial charge in [0.25, 0.3) is 5.91 Å². The number of rotatable bonds is 4. The van der Waals surface area contributed by atoms with Crippen LogP contribution in [0, 0.1) is 0 Å². The van der Waals surface area contributed by atoms with Gasteiger partial charge in [0.2, 0.25) is 0 Å². The first-order valence-electron chi connectivity index (χ1n) is 7.88. The van der Waals surface area contributed by atoms with Crippen molar-refractivity contribution in [1.82, 2.24) is 0 Å². The maximum Gasteiger partial charge on any atom is 0.307 e. The molecule has 5 nitrogen and oxygen atoms in total. The first-order chi connectivity index (χ1) is 11.6. The minimum absolute atomic E-state index is 0.0917. The summed E-state index contributed by atoms with van der Waals surface area (Å²) >= 11 is 0. The number of carbonyl (C=O) groups excluding carboxylic acids is 1. The molecule has 0 unspecified atom stereocenters. The van der Waals surface area contributed by atoms with Gasteiger partial charge in [-0.05, 0) is 42.2 Å². The van der Waals surface area contributed by atoms with Crippen LogP contribution in [0.15, 0.2) is 42.5 Å². The van der Waals surface area contributed by atoms with Crippen molar-refractivity contribution in [3.8, 4) is 5.75 Å². The minimum Gasteiger partial charge on any atom is -0.497 e. The van der Waals surface area contributed by atoms with Crippen LogP contribution in [-0.4, -0.2) is 30.6 Å². The number of aliphatic carboxylic acids is 1. The Morgan fingerprint density at radius 3 is 2.79 bits per heavy atom. The molecule has 1 amide bonds. The topological polar surface area (TPSA) is 66.8 Å². The van der Waals surface area contributed by atoms with Crippen molar-refractivity contribution in [3.63, 3.8) is 0 Å². The molecule has 0 bridgehead atoms. The van der Waals surface area contributed by atoms with Gasteiger partial charge in [-0.3, -0.25) is 9.59 Å². The SMILES string of the molecule is COc1ccc2c(c1)N(C(=O)c1cccc(CC(=O)O)c1)CCC2. The molecule has 0 spiro atoms. The molecule has 1 aliphatic heterocycles. The molecule has 0 saturated heterocycles. The highest BCUT2D eigenvalue weighted by Crippen LogP contribution is 2.32. The van der Waals surface area contributed by atoms with Crippen molar-refractivity contribution < 1.29 is 19.4 Å². The zero-order valence-corrected chi connectivity index (χ0v) is 13.5. The number of carboxylic acids is 1. The van der Waals surface area contributed by atoms with E-state index in [0.29, 0.717) is 23.4 Å². The molecule has 2 aromatic carbocycles. The van der Waals surface area contributed by atoms with Gasteiger partial charge in [-0.25, -0.2) is 0 Å². The standard InChI is InChI=1S/C19H19NO4/c1-24-16-8-7-14-6-3-9-20(17(14)12-16)19(23)15-5-2-4-13(10-15)11-18(21)22/h2,4-5,7-8,10,12H,3,6,9,11H2,1H3,(H,21,22). The van der Waals surface area contributed by atoms with Gasteiger partial charge in [0.15, 0.2) is 0 Å². The average Bonchev–Trinajstić information content (AvgIpc) is 2.59. The maximum atomic E-state index is 12.9. The van der Waals surface area contributed by atoms with Crippen molar-refractivity contribution in [1.29, 1.82) is 0 Å². The summed E-state index contributed by atoms with van der Waals surface area (Å²) in [6.45, 7) is 0.641. The number of carboxylic acid groups (broad SMARTS) is 1. The number of hydrogen-bond acceptors (Lipinski definition) is 3. The van der Waals surface area contributed by atoms with Gasteiger partial charge < -0.3 is 14.7 Å². The van der Waals surface area contributed by atoms with Gasteiger partial charge in [-0.2, -0.15) is 0 Å². The summed E-state index contributed by atoms with van der Waals surface area (Å²) in [6.07, 6.45) is 1.74. The minimum atomic E-state index is -0.910. The van der Waals surface area contributed by atoms with E-state index in [1.807, 2.05) is 18.2 Å². The lowest BCUT2D eigenvalue weighted by Gasteiger charge is -2.30. The highest BCUT2D eigenvalue weighted by Gasteiger charge is 2.24. The zero-order chi connectivity index (χ0) is 17.1. The molecule has 3 rings (SSSR count). The number of amides is 1. The molecule has 0 atom stereocenters. The van der Waals surface area contributed by atoms with Crippen LogP contribution in [0.25, 0.3) is 0 Å². The van der Waals surface area contributed by atoms with Gasteiger partial charge in [0.05, 0.1) is 19.2 Å². The Morgan fingerprint density at radius 1 is 1.21 bits per heavy atom. The summed E-state index contributed by atoms with van der Waals surface area (Å²) < 4.78 is 5.27. The predicted octanol–water partition coefficient (Wildman–Crippen LogP) is 2.92. The lowest BCUT2D eigenvalue weighted by atomic mass is 10.00. The van der Waals surface area contributed by atoms with Gasteiger partial charge >= 0.3 is 5.97 Å². The number of nitrogens with zero attached hydrogens (tertiary/aromatic N) is 1. The smallest absolute Gasteiger partial charge is 0.307 e. The summed E-state index contributed by atoms with van der Waals surface area (Å²) in [4.78, 5) is 25.6. The fourth-order valence-corrected chi connectivity index (χ4v) is 3.04. The Balaban J connectivity index is 1.93. The summed E-state index contributed by atoms with van der Waals surface area (Å²) in [5.41, 5.74) is 3.12. The lowest BCUT2D eigenvalue weighted by molar-refractivity contribution is -0.136. The van der Waals surface area contributed by atoms with E-state index in [-0.39, 0.29) is 12.3 Å². The molecular formula is C19H19NO4. The van der Waals surface area contributed by atoms with Crippen LogP contribution >= 0.6 is 0 Å². The van der Waals surface area contributed by atoms with Crippen molar-refractivity contribution in [2.24, 2.45) is 0 Å². The van der Waals surface area contributed by atoms with E-state index >= 15 is 0 Å². The second-order valence-electron chi connectivity index (χ2n) is 5.83. The Labute approximate surface area is 140 Å². The number of hydrogen-bond donors (Lipinski definition) is 1. The molecule has 0 saturated carbocycles. The van der Waals surface area contributed by atoms with E-state index < -0.39 is 5.97 Å². The zero-order valence-electron chi connectivity index (χ0n) is 13.5. The molecule has 24 heavy (non-hydrogen) atoms. The molecule has 0 aliphatic carbocycles. The highest BCUT2D eigenvalue weighted by molar-refractivity contribution is 6.07. The van der Waals surface area contributed by atoms with Gasteiger partial charge in [0, 0.05) is 18.2 Å². The molecule has 1 N–H and O–H groups in total. The number of aryl methyl sites for hydroxylation is 1. The van der Waals surface area contributed by atoms with Crippen LogP contribution in [0.1, 0.15) is 27.9 Å². The fourth-order valence-electron chi connectivity index (χ4n) is 3.04. The lowest BCUT2D eigenvalue weighted by Crippen LogP contribution is -2.35. The van der Waals surface area contributed by atoms with Crippen LogP contribution < -0.4 is 9.64 Å². The number of ether oxygens (including phenoxy) is 1. The fraction of sp³-hybridized carbons (Fsp3) is 0.263. The van der Waals surface area contributed by atoms with Crippen molar-refractivity contribution in [2.45, 2.75) is 19.3 Å². The average molecular weight is 325 g/mol. The molecule has 0 fully saturated rings. The van der Waals surface area contributed by atoms with E-state index in [1.165, 1.54) is 0 Å². The largest absolute Gasteiger partial charge is 0.497 e. The van der Waals surface area contributed by atoms with E-state index in [9.17, 15) is 9.59 Å². The Morgan fingerprint density at radius 2 is 2.04 bits per heavy atom. The van der Waals surface area contributed by atoms with Gasteiger partial charge in [-0.1, -0.05) is 18.2 Å². The summed E-state index contributed by atoms with van der Waals surface area (Å²) in [7, 11) is 1.60. The predicted molar refractivity (Wildman–Crippen MR) is 90.8 cm³/mol. The molecular weight excluding hydrogens is 306 g/mol. The molecule has 1 aliphatic rings. The Kier molecular flexibility index (Phi) is 4.51. The summed E-state index contributed by atoms with van der Waals surface area (Å²) in [5, 5.41) is 8.92. The van der Waals surface area contributed by atoms with Crippen LogP contribution in [0.5, 0.6) is 5.75 Å². The number of benzene rings is 2. The molecule has 124 valence electrons. The second kappa shape index (κ2) is 6.74. The molecule has 2 aromatic rings. The first kappa shape index (κ1) is 16.1. The molecule has 1 heterocycles. The third-order valence-corrected chi connectivity index (χ3v) is 4.19. The van der Waals surface area contributed by atoms with Crippen LogP contribution in [0.2, 0.25) is 0 Å². The third kappa shape index (κ3) is 3.25. The van der Waals surface area contributed by atoms with E-state index in [1.54, 1.807) is 36.3 Å². The number of methoxy groups -OCH3 is 1. The molecule has 5 heteroatoms. The normalized spacial score (nSPS) is 13.3. The van der Waals surface area contributed by atoms with Crippen LogP contribution in [-0.2, 0) is 17.6 Å². The summed E-state index contributed by atoms with van der Waals surface area (Å²) in [5.74, 6) is -0.308. The van der Waals surface area contributed by atoms with E-state index in [4.69, 9.17) is 9.84 Å². The number of carbonyl (C=O) groups is 2. The number of anilines is 1.